The highest BCUT2D eigenvalue weighted by Crippen LogP contribution is 2.18. The van der Waals surface area contributed by atoms with E-state index >= 15 is 0 Å². The number of thioether (sulfide) groups is 1. The van der Waals surface area contributed by atoms with Crippen LogP contribution in [0.3, 0.4) is 0 Å². The van der Waals surface area contributed by atoms with Gasteiger partial charge in [0, 0.05) is 17.1 Å². The van der Waals surface area contributed by atoms with Crippen LogP contribution in [0.1, 0.15) is 5.56 Å². The van der Waals surface area contributed by atoms with Gasteiger partial charge in [-0.3, -0.25) is 0 Å². The third-order valence-electron chi connectivity index (χ3n) is 2.62. The molecule has 19 heavy (non-hydrogen) atoms. The van der Waals surface area contributed by atoms with Crippen LogP contribution in [-0.2, 0) is 6.54 Å². The number of anilines is 1. The summed E-state index contributed by atoms with van der Waals surface area (Å²) in [6.07, 6.45) is 2.01. The summed E-state index contributed by atoms with van der Waals surface area (Å²) < 4.78 is 0. The zero-order valence-corrected chi connectivity index (χ0v) is 11.5. The van der Waals surface area contributed by atoms with Gasteiger partial charge in [0.1, 0.15) is 0 Å². The van der Waals surface area contributed by atoms with Gasteiger partial charge in [-0.2, -0.15) is 0 Å². The van der Waals surface area contributed by atoms with E-state index in [4.69, 9.17) is 0 Å². The molecule has 4 heteroatoms. The van der Waals surface area contributed by atoms with Crippen molar-refractivity contribution in [3.05, 3.63) is 60.2 Å². The van der Waals surface area contributed by atoms with Gasteiger partial charge < -0.3 is 10.6 Å². The van der Waals surface area contributed by atoms with Gasteiger partial charge in [0.15, 0.2) is 0 Å². The number of hydrogen-bond donors (Lipinski definition) is 2. The van der Waals surface area contributed by atoms with E-state index in [1.54, 1.807) is 11.8 Å². The summed E-state index contributed by atoms with van der Waals surface area (Å²) in [5.74, 6) is 0. The van der Waals surface area contributed by atoms with E-state index in [0.717, 1.165) is 16.1 Å². The minimum atomic E-state index is -0.192. The van der Waals surface area contributed by atoms with E-state index in [1.807, 2.05) is 60.9 Å². The Morgan fingerprint density at radius 3 is 2.63 bits per heavy atom. The SMILES string of the molecule is CSc1cccc(NC(=O)NCc2ccccc2)c1. The van der Waals surface area contributed by atoms with Crippen molar-refractivity contribution in [2.45, 2.75) is 11.4 Å². The normalized spacial score (nSPS) is 9.95. The van der Waals surface area contributed by atoms with Crippen molar-refractivity contribution in [2.75, 3.05) is 11.6 Å². The Morgan fingerprint density at radius 2 is 1.89 bits per heavy atom. The van der Waals surface area contributed by atoms with Gasteiger partial charge in [-0.25, -0.2) is 4.79 Å². The summed E-state index contributed by atoms with van der Waals surface area (Å²) in [7, 11) is 0. The first-order valence-corrected chi connectivity index (χ1v) is 7.23. The molecule has 2 amide bonds. The molecule has 0 aliphatic rings. The molecule has 2 aromatic carbocycles. The molecular weight excluding hydrogens is 256 g/mol. The Kier molecular flexibility index (Phi) is 4.86. The average Bonchev–Trinajstić information content (AvgIpc) is 2.46. The highest BCUT2D eigenvalue weighted by molar-refractivity contribution is 7.98. The fourth-order valence-corrected chi connectivity index (χ4v) is 2.11. The summed E-state index contributed by atoms with van der Waals surface area (Å²) in [5.41, 5.74) is 1.88. The molecule has 98 valence electrons. The summed E-state index contributed by atoms with van der Waals surface area (Å²) in [6, 6.07) is 17.4. The van der Waals surface area contributed by atoms with Crippen LogP contribution in [0.2, 0.25) is 0 Å². The van der Waals surface area contributed by atoms with Gasteiger partial charge in [0.05, 0.1) is 0 Å². The Hall–Kier alpha value is -1.94. The zero-order valence-electron chi connectivity index (χ0n) is 10.7. The van der Waals surface area contributed by atoms with Gasteiger partial charge in [-0.15, -0.1) is 11.8 Å². The van der Waals surface area contributed by atoms with Crippen LogP contribution in [-0.4, -0.2) is 12.3 Å². The van der Waals surface area contributed by atoms with Crippen molar-refractivity contribution in [1.82, 2.24) is 5.32 Å². The molecule has 0 aliphatic carbocycles. The monoisotopic (exact) mass is 272 g/mol. The van der Waals surface area contributed by atoms with Gasteiger partial charge in [0.25, 0.3) is 0 Å². The highest BCUT2D eigenvalue weighted by Gasteiger charge is 2.02. The van der Waals surface area contributed by atoms with Crippen molar-refractivity contribution in [2.24, 2.45) is 0 Å². The molecule has 0 saturated heterocycles. The summed E-state index contributed by atoms with van der Waals surface area (Å²) >= 11 is 1.65. The van der Waals surface area contributed by atoms with Crippen molar-refractivity contribution in [3.8, 4) is 0 Å². The lowest BCUT2D eigenvalue weighted by molar-refractivity contribution is 0.251. The van der Waals surface area contributed by atoms with Crippen molar-refractivity contribution < 1.29 is 4.79 Å². The van der Waals surface area contributed by atoms with E-state index in [-0.39, 0.29) is 6.03 Å². The fourth-order valence-electron chi connectivity index (χ4n) is 1.65. The lowest BCUT2D eigenvalue weighted by Crippen LogP contribution is -2.28. The second-order valence-electron chi connectivity index (χ2n) is 4.03. The smallest absolute Gasteiger partial charge is 0.319 e. The van der Waals surface area contributed by atoms with Gasteiger partial charge >= 0.3 is 6.03 Å². The minimum Gasteiger partial charge on any atom is -0.334 e. The molecule has 0 spiro atoms. The summed E-state index contributed by atoms with van der Waals surface area (Å²) in [5, 5.41) is 5.65. The Morgan fingerprint density at radius 1 is 1.11 bits per heavy atom. The molecule has 0 heterocycles. The number of benzene rings is 2. The molecule has 3 nitrogen and oxygen atoms in total. The standard InChI is InChI=1S/C15H16N2OS/c1-19-14-9-5-8-13(10-14)17-15(18)16-11-12-6-3-2-4-7-12/h2-10H,11H2,1H3,(H2,16,17,18). The molecule has 0 saturated carbocycles. The quantitative estimate of drug-likeness (QED) is 0.833. The van der Waals surface area contributed by atoms with E-state index in [9.17, 15) is 4.79 Å². The van der Waals surface area contributed by atoms with Gasteiger partial charge in [-0.1, -0.05) is 36.4 Å². The Labute approximate surface area is 117 Å². The predicted octanol–water partition coefficient (Wildman–Crippen LogP) is 3.73. The third-order valence-corrected chi connectivity index (χ3v) is 3.35. The number of amides is 2. The number of nitrogens with one attached hydrogen (secondary N) is 2. The van der Waals surface area contributed by atoms with Gasteiger partial charge in [0.2, 0.25) is 0 Å². The van der Waals surface area contributed by atoms with Crippen molar-refractivity contribution in [1.29, 1.82) is 0 Å². The van der Waals surface area contributed by atoms with E-state index in [2.05, 4.69) is 10.6 Å². The van der Waals surface area contributed by atoms with Crippen LogP contribution in [0.25, 0.3) is 0 Å². The topological polar surface area (TPSA) is 41.1 Å². The average molecular weight is 272 g/mol. The van der Waals surface area contributed by atoms with Crippen LogP contribution < -0.4 is 10.6 Å². The highest BCUT2D eigenvalue weighted by atomic mass is 32.2. The molecule has 0 aromatic heterocycles. The third kappa shape index (κ3) is 4.34. The Balaban J connectivity index is 1.87. The van der Waals surface area contributed by atoms with Crippen molar-refractivity contribution in [3.63, 3.8) is 0 Å². The first-order chi connectivity index (χ1) is 9.28. The number of carbonyl (C=O) groups is 1. The van der Waals surface area contributed by atoms with Crippen LogP contribution in [0, 0.1) is 0 Å². The number of carbonyl (C=O) groups excluding carboxylic acids is 1. The first kappa shape index (κ1) is 13.5. The largest absolute Gasteiger partial charge is 0.334 e. The number of rotatable bonds is 4. The van der Waals surface area contributed by atoms with Crippen molar-refractivity contribution >= 4 is 23.5 Å². The molecule has 2 N–H and O–H groups in total. The molecule has 0 aliphatic heterocycles. The molecule has 0 atom stereocenters. The maximum absolute atomic E-state index is 11.8. The fraction of sp³-hybridized carbons (Fsp3) is 0.133. The predicted molar refractivity (Wildman–Crippen MR) is 80.5 cm³/mol. The first-order valence-electron chi connectivity index (χ1n) is 6.01. The lowest BCUT2D eigenvalue weighted by Gasteiger charge is -2.08. The molecule has 0 fully saturated rings. The number of hydrogen-bond acceptors (Lipinski definition) is 2. The molecule has 0 radical (unpaired) electrons. The minimum absolute atomic E-state index is 0.192. The van der Waals surface area contributed by atoms with Gasteiger partial charge in [-0.05, 0) is 30.0 Å². The van der Waals surface area contributed by atoms with Crippen LogP contribution in [0.4, 0.5) is 10.5 Å². The van der Waals surface area contributed by atoms with E-state index in [0.29, 0.717) is 6.54 Å². The lowest BCUT2D eigenvalue weighted by atomic mass is 10.2. The second-order valence-corrected chi connectivity index (χ2v) is 4.90. The maximum Gasteiger partial charge on any atom is 0.319 e. The zero-order chi connectivity index (χ0) is 13.5. The maximum atomic E-state index is 11.8. The second kappa shape index (κ2) is 6.85. The van der Waals surface area contributed by atoms with Crippen LogP contribution >= 0.6 is 11.8 Å². The van der Waals surface area contributed by atoms with E-state index in [1.165, 1.54) is 0 Å². The summed E-state index contributed by atoms with van der Waals surface area (Å²) in [6.45, 7) is 0.523. The Bertz CT molecular complexity index is 543. The number of urea groups is 1. The van der Waals surface area contributed by atoms with Crippen LogP contribution in [0.5, 0.6) is 0 Å². The summed E-state index contributed by atoms with van der Waals surface area (Å²) in [4.78, 5) is 12.9. The molecule has 2 rings (SSSR count). The molecule has 2 aromatic rings. The molecular formula is C15H16N2OS. The van der Waals surface area contributed by atoms with E-state index < -0.39 is 0 Å². The molecule has 0 unspecified atom stereocenters. The van der Waals surface area contributed by atoms with Crippen LogP contribution in [0.15, 0.2) is 59.5 Å². The molecule has 0 bridgehead atoms.